The van der Waals surface area contributed by atoms with Crippen molar-refractivity contribution < 1.29 is 63.1 Å². The number of phosphoric acid groups is 1. The molecule has 0 aromatic carbocycles. The predicted octanol–water partition coefficient (Wildman–Crippen LogP) is 7.33. The minimum absolute atomic E-state index is 0.103. The topological polar surface area (TPSA) is 210 Å². The Bertz CT molecular complexity index is 969. The lowest BCUT2D eigenvalue weighted by molar-refractivity contribution is -0.220. The van der Waals surface area contributed by atoms with Crippen LogP contribution in [0.2, 0.25) is 0 Å². The van der Waals surface area contributed by atoms with Gasteiger partial charge in [0.15, 0.2) is 6.10 Å². The number of carbonyl (C=O) groups excluding carboxylic acids is 2. The van der Waals surface area contributed by atoms with E-state index in [4.69, 9.17) is 18.5 Å². The van der Waals surface area contributed by atoms with Crippen molar-refractivity contribution in [2.75, 3.05) is 13.2 Å². The van der Waals surface area contributed by atoms with Crippen molar-refractivity contribution in [1.82, 2.24) is 0 Å². The summed E-state index contributed by atoms with van der Waals surface area (Å²) in [6.07, 6.45) is 16.0. The van der Waals surface area contributed by atoms with Gasteiger partial charge in [-0.1, -0.05) is 162 Å². The first-order valence-corrected chi connectivity index (χ1v) is 22.8. The first-order chi connectivity index (χ1) is 25.9. The lowest BCUT2D eigenvalue weighted by atomic mass is 9.85. The van der Waals surface area contributed by atoms with Crippen LogP contribution in [0.4, 0.5) is 0 Å². The number of unbranched alkanes of at least 4 members (excludes halogenated alkanes) is 23. The number of esters is 2. The molecule has 1 aliphatic rings. The van der Waals surface area contributed by atoms with Crippen LogP contribution in [0.3, 0.4) is 0 Å². The number of hydrogen-bond acceptors (Lipinski definition) is 12. The Hall–Kier alpha value is -1.15. The van der Waals surface area contributed by atoms with Crippen molar-refractivity contribution in [3.05, 3.63) is 0 Å². The van der Waals surface area contributed by atoms with Gasteiger partial charge in [0.05, 0.1) is 6.61 Å². The second-order valence-electron chi connectivity index (χ2n) is 15.2. The van der Waals surface area contributed by atoms with Gasteiger partial charge in [0.25, 0.3) is 0 Å². The summed E-state index contributed by atoms with van der Waals surface area (Å²) in [5, 5.41) is 50.0. The normalized spacial score (nSPS) is 23.2. The highest BCUT2D eigenvalue weighted by Gasteiger charge is 2.51. The van der Waals surface area contributed by atoms with Crippen LogP contribution in [-0.4, -0.2) is 98.3 Å². The lowest BCUT2D eigenvalue weighted by Gasteiger charge is -2.41. The molecule has 0 spiro atoms. The first kappa shape index (κ1) is 50.9. The molecule has 0 aromatic heterocycles. The van der Waals surface area contributed by atoms with Gasteiger partial charge in [0, 0.05) is 12.8 Å². The average molecular weight is 797 g/mol. The molecule has 0 radical (unpaired) electrons. The standard InChI is InChI=1S/C40H77O13P/c1-3-5-7-9-11-13-15-16-17-18-19-21-22-24-26-28-33(41)50-30-32(52-34(42)29-27-25-23-20-14-12-10-8-6-4-2)31-51-54(48,49)53-40-38(46)36(44)35(43)37(45)39(40)47/h32,35-40,43-47H,3-31H2,1-2H3,(H,48,49)/t32-,35?,36-,37?,38?,39?,40?/m1/s1. The molecule has 54 heavy (non-hydrogen) atoms. The molecule has 1 fully saturated rings. The fourth-order valence-corrected chi connectivity index (χ4v) is 7.67. The molecule has 0 aliphatic heterocycles. The number of carbonyl (C=O) groups is 2. The maximum atomic E-state index is 12.8. The van der Waals surface area contributed by atoms with Gasteiger partial charge in [-0.25, -0.2) is 4.57 Å². The van der Waals surface area contributed by atoms with E-state index in [1.54, 1.807) is 0 Å². The van der Waals surface area contributed by atoms with Gasteiger partial charge in [-0.3, -0.25) is 18.6 Å². The molecule has 6 N–H and O–H groups in total. The third-order valence-electron chi connectivity index (χ3n) is 10.2. The molecule has 320 valence electrons. The third kappa shape index (κ3) is 24.5. The zero-order valence-corrected chi connectivity index (χ0v) is 34.4. The van der Waals surface area contributed by atoms with E-state index in [2.05, 4.69) is 13.8 Å². The average Bonchev–Trinajstić information content (AvgIpc) is 3.15. The minimum atomic E-state index is -5.10. The fraction of sp³-hybridized carbons (Fsp3) is 0.950. The van der Waals surface area contributed by atoms with Crippen molar-refractivity contribution in [3.8, 4) is 0 Å². The molecule has 0 bridgehead atoms. The van der Waals surface area contributed by atoms with Crippen LogP contribution < -0.4 is 0 Å². The number of hydrogen-bond donors (Lipinski definition) is 6. The Morgan fingerprint density at radius 3 is 1.22 bits per heavy atom. The maximum Gasteiger partial charge on any atom is 0.472 e. The monoisotopic (exact) mass is 797 g/mol. The van der Waals surface area contributed by atoms with Crippen molar-refractivity contribution in [2.24, 2.45) is 0 Å². The van der Waals surface area contributed by atoms with Gasteiger partial charge in [-0.15, -0.1) is 0 Å². The molecule has 1 aliphatic carbocycles. The van der Waals surface area contributed by atoms with Gasteiger partial charge < -0.3 is 39.9 Å². The van der Waals surface area contributed by atoms with Crippen LogP contribution in [0.1, 0.15) is 187 Å². The van der Waals surface area contributed by atoms with E-state index in [0.717, 1.165) is 44.9 Å². The SMILES string of the molecule is CCCCCCCCCCCCCCCCCC(=O)OC[C@H](COP(=O)(O)OC1C(O)C(O)C(O)[C@@H](O)C1O)OC(=O)CCCCCCCCCCCC. The van der Waals surface area contributed by atoms with E-state index >= 15 is 0 Å². The number of phosphoric ester groups is 1. The highest BCUT2D eigenvalue weighted by molar-refractivity contribution is 7.47. The minimum Gasteiger partial charge on any atom is -0.462 e. The molecule has 1 saturated carbocycles. The summed E-state index contributed by atoms with van der Waals surface area (Å²) in [7, 11) is -5.10. The Morgan fingerprint density at radius 1 is 0.500 bits per heavy atom. The Balaban J connectivity index is 2.47. The van der Waals surface area contributed by atoms with E-state index in [1.165, 1.54) is 103 Å². The van der Waals surface area contributed by atoms with Crippen LogP contribution >= 0.6 is 7.82 Å². The summed E-state index contributed by atoms with van der Waals surface area (Å²) >= 11 is 0. The first-order valence-electron chi connectivity index (χ1n) is 21.3. The van der Waals surface area contributed by atoms with Crippen LogP contribution in [0.25, 0.3) is 0 Å². The Labute approximate surface area is 325 Å². The summed E-state index contributed by atoms with van der Waals surface area (Å²) < 4.78 is 33.4. The van der Waals surface area contributed by atoms with Crippen LogP contribution in [-0.2, 0) is 32.7 Å². The molecule has 1 rings (SSSR count). The molecule has 6 unspecified atom stereocenters. The van der Waals surface area contributed by atoms with E-state index < -0.39 is 75.7 Å². The van der Waals surface area contributed by atoms with Crippen molar-refractivity contribution in [1.29, 1.82) is 0 Å². The number of ether oxygens (including phenoxy) is 2. The second-order valence-corrected chi connectivity index (χ2v) is 16.6. The van der Waals surface area contributed by atoms with Gasteiger partial charge in [-0.05, 0) is 12.8 Å². The quantitative estimate of drug-likeness (QED) is 0.0211. The van der Waals surface area contributed by atoms with Crippen LogP contribution in [0, 0.1) is 0 Å². The molecule has 8 atom stereocenters. The zero-order valence-electron chi connectivity index (χ0n) is 33.5. The fourth-order valence-electron chi connectivity index (χ4n) is 6.70. The van der Waals surface area contributed by atoms with Crippen LogP contribution in [0.5, 0.6) is 0 Å². The van der Waals surface area contributed by atoms with E-state index in [1.807, 2.05) is 0 Å². The maximum absolute atomic E-state index is 12.8. The van der Waals surface area contributed by atoms with Gasteiger partial charge in [0.2, 0.25) is 0 Å². The Kier molecular flexibility index (Phi) is 30.0. The molecule has 14 heteroatoms. The number of aliphatic hydroxyl groups is 5. The van der Waals surface area contributed by atoms with Crippen molar-refractivity contribution in [2.45, 2.75) is 230 Å². The van der Waals surface area contributed by atoms with E-state index in [9.17, 15) is 44.6 Å². The summed E-state index contributed by atoms with van der Waals surface area (Å²) in [5.41, 5.74) is 0. The highest BCUT2D eigenvalue weighted by Crippen LogP contribution is 2.47. The molecular weight excluding hydrogens is 719 g/mol. The van der Waals surface area contributed by atoms with Gasteiger partial charge >= 0.3 is 19.8 Å². The van der Waals surface area contributed by atoms with E-state index in [-0.39, 0.29) is 12.8 Å². The van der Waals surface area contributed by atoms with Crippen molar-refractivity contribution >= 4 is 19.8 Å². The number of aliphatic hydroxyl groups excluding tert-OH is 5. The summed E-state index contributed by atoms with van der Waals surface area (Å²) in [5.74, 6) is -1.09. The lowest BCUT2D eigenvalue weighted by Crippen LogP contribution is -2.64. The van der Waals surface area contributed by atoms with E-state index in [0.29, 0.717) is 12.8 Å². The molecular formula is C40H77O13P. The summed E-state index contributed by atoms with van der Waals surface area (Å²) in [6, 6.07) is 0. The zero-order chi connectivity index (χ0) is 40.0. The second kappa shape index (κ2) is 31.9. The third-order valence-corrected chi connectivity index (χ3v) is 11.2. The molecule has 0 amide bonds. The van der Waals surface area contributed by atoms with Crippen molar-refractivity contribution in [3.63, 3.8) is 0 Å². The molecule has 0 saturated heterocycles. The number of rotatable bonds is 35. The highest BCUT2D eigenvalue weighted by atomic mass is 31.2. The smallest absolute Gasteiger partial charge is 0.462 e. The molecule has 13 nitrogen and oxygen atoms in total. The van der Waals surface area contributed by atoms with Gasteiger partial charge in [0.1, 0.15) is 43.2 Å². The summed E-state index contributed by atoms with van der Waals surface area (Å²) in [4.78, 5) is 35.5. The largest absolute Gasteiger partial charge is 0.472 e. The summed E-state index contributed by atoms with van der Waals surface area (Å²) in [6.45, 7) is 3.28. The molecule has 0 aromatic rings. The molecule has 0 heterocycles. The predicted molar refractivity (Wildman–Crippen MR) is 208 cm³/mol. The van der Waals surface area contributed by atoms with Gasteiger partial charge in [-0.2, -0.15) is 0 Å². The Morgan fingerprint density at radius 2 is 0.833 bits per heavy atom. The van der Waals surface area contributed by atoms with Crippen LogP contribution in [0.15, 0.2) is 0 Å².